The maximum Gasteiger partial charge on any atom is 0.230 e. The molecule has 4 aromatic rings. The smallest absolute Gasteiger partial charge is 0.230 e. The Bertz CT molecular complexity index is 1220. The average Bonchev–Trinajstić information content (AvgIpc) is 3.24. The minimum absolute atomic E-state index is 0.0842. The fourth-order valence-electron chi connectivity index (χ4n) is 3.03. The molecule has 0 unspecified atom stereocenters. The van der Waals surface area contributed by atoms with E-state index in [9.17, 15) is 4.79 Å². The number of nitrogens with zero attached hydrogens (tertiary/aromatic N) is 3. The van der Waals surface area contributed by atoms with Gasteiger partial charge in [-0.05, 0) is 35.9 Å². The van der Waals surface area contributed by atoms with Gasteiger partial charge in [0.25, 0.3) is 0 Å². The van der Waals surface area contributed by atoms with Gasteiger partial charge in [0.05, 0.1) is 23.0 Å². The van der Waals surface area contributed by atoms with Crippen LogP contribution in [-0.2, 0) is 17.1 Å². The van der Waals surface area contributed by atoms with Crippen LogP contribution in [0.2, 0.25) is 10.0 Å². The first kappa shape index (κ1) is 23.7. The van der Waals surface area contributed by atoms with E-state index in [1.165, 1.54) is 17.3 Å². The minimum Gasteiger partial charge on any atom is -0.348 e. The van der Waals surface area contributed by atoms with Crippen molar-refractivity contribution < 1.29 is 4.79 Å². The van der Waals surface area contributed by atoms with Crippen molar-refractivity contribution in [2.24, 2.45) is 0 Å². The van der Waals surface area contributed by atoms with E-state index in [4.69, 9.17) is 23.2 Å². The molecule has 1 aromatic heterocycles. The lowest BCUT2D eigenvalue weighted by Crippen LogP contribution is -2.26. The fraction of sp³-hybridized carbons (Fsp3) is 0.125. The molecule has 1 N–H and O–H groups in total. The zero-order chi connectivity index (χ0) is 23.0. The van der Waals surface area contributed by atoms with E-state index < -0.39 is 0 Å². The van der Waals surface area contributed by atoms with Crippen molar-refractivity contribution in [1.82, 2.24) is 20.1 Å². The Morgan fingerprint density at radius 1 is 0.909 bits per heavy atom. The van der Waals surface area contributed by atoms with Gasteiger partial charge in [-0.2, -0.15) is 0 Å². The molecule has 0 atom stereocenters. The summed E-state index contributed by atoms with van der Waals surface area (Å²) < 4.78 is 1.87. The van der Waals surface area contributed by atoms with Gasteiger partial charge in [0.2, 0.25) is 5.91 Å². The van der Waals surface area contributed by atoms with Gasteiger partial charge < -0.3 is 5.32 Å². The summed E-state index contributed by atoms with van der Waals surface area (Å²) >= 11 is 15.6. The molecule has 0 spiro atoms. The molecular weight excluding hydrogens is 495 g/mol. The van der Waals surface area contributed by atoms with Gasteiger partial charge in [-0.3, -0.25) is 9.36 Å². The highest BCUT2D eigenvalue weighted by atomic mass is 35.5. The van der Waals surface area contributed by atoms with Crippen LogP contribution in [-0.4, -0.2) is 26.4 Å². The lowest BCUT2D eigenvalue weighted by molar-refractivity contribution is -0.118. The number of rotatable bonds is 9. The lowest BCUT2D eigenvalue weighted by Gasteiger charge is -2.13. The number of benzene rings is 3. The largest absolute Gasteiger partial charge is 0.348 e. The third-order valence-electron chi connectivity index (χ3n) is 4.62. The van der Waals surface area contributed by atoms with Crippen molar-refractivity contribution in [3.05, 3.63) is 100 Å². The zero-order valence-electron chi connectivity index (χ0n) is 17.4. The van der Waals surface area contributed by atoms with Crippen LogP contribution < -0.4 is 5.32 Å². The number of thioether (sulfide) groups is 2. The average molecular weight is 515 g/mol. The second-order valence-corrected chi connectivity index (χ2v) is 9.82. The highest BCUT2D eigenvalue weighted by Crippen LogP contribution is 2.30. The Hall–Kier alpha value is -2.45. The van der Waals surface area contributed by atoms with E-state index in [2.05, 4.69) is 27.6 Å². The van der Waals surface area contributed by atoms with Crippen molar-refractivity contribution in [3.63, 3.8) is 0 Å². The summed E-state index contributed by atoms with van der Waals surface area (Å²) in [7, 11) is 0. The summed E-state index contributed by atoms with van der Waals surface area (Å²) in [6, 6.07) is 25.2. The van der Waals surface area contributed by atoms with Gasteiger partial charge in [-0.25, -0.2) is 0 Å². The summed E-state index contributed by atoms with van der Waals surface area (Å²) in [4.78, 5) is 13.5. The maximum atomic E-state index is 12.4. The molecule has 33 heavy (non-hydrogen) atoms. The molecule has 0 radical (unpaired) electrons. The second kappa shape index (κ2) is 11.6. The number of nitrogens with one attached hydrogen (secondary N) is 1. The van der Waals surface area contributed by atoms with Crippen LogP contribution in [0.5, 0.6) is 0 Å². The summed E-state index contributed by atoms with van der Waals surface area (Å²) in [5.41, 5.74) is 1.89. The molecule has 0 aliphatic carbocycles. The molecule has 9 heteroatoms. The first-order valence-electron chi connectivity index (χ1n) is 10.1. The number of aromatic nitrogens is 3. The Morgan fingerprint density at radius 2 is 1.64 bits per heavy atom. The second-order valence-electron chi connectivity index (χ2n) is 6.98. The molecule has 0 aliphatic heterocycles. The summed E-state index contributed by atoms with van der Waals surface area (Å²) in [6.45, 7) is 0.228. The molecule has 4 rings (SSSR count). The number of carbonyl (C=O) groups is 1. The third-order valence-corrected chi connectivity index (χ3v) is 7.17. The number of hydrogen-bond acceptors (Lipinski definition) is 5. The summed E-state index contributed by atoms with van der Waals surface area (Å²) in [6.07, 6.45) is 0. The number of halogens is 2. The standard InChI is InChI=1S/C24H20Cl2N4OS2/c25-18-11-12-21(20(26)13-18)30-22(14-27-23(31)16-32-19-9-5-2-6-10-19)28-29-24(30)33-15-17-7-3-1-4-8-17/h1-13H,14-16H2,(H,27,31). The van der Waals surface area contributed by atoms with Crippen molar-refractivity contribution in [1.29, 1.82) is 0 Å². The highest BCUT2D eigenvalue weighted by Gasteiger charge is 2.18. The molecule has 168 valence electrons. The quantitative estimate of drug-likeness (QED) is 0.266. The predicted molar refractivity (Wildman–Crippen MR) is 136 cm³/mol. The van der Waals surface area contributed by atoms with Crippen LogP contribution in [0.25, 0.3) is 5.69 Å². The van der Waals surface area contributed by atoms with E-state index in [-0.39, 0.29) is 12.5 Å². The van der Waals surface area contributed by atoms with Gasteiger partial charge in [0.15, 0.2) is 11.0 Å². The topological polar surface area (TPSA) is 59.8 Å². The minimum atomic E-state index is -0.0842. The number of carbonyl (C=O) groups excluding carboxylic acids is 1. The molecule has 0 saturated heterocycles. The monoisotopic (exact) mass is 514 g/mol. The van der Waals surface area contributed by atoms with E-state index in [1.54, 1.807) is 23.9 Å². The Labute approximate surface area is 210 Å². The molecule has 3 aromatic carbocycles. The van der Waals surface area contributed by atoms with E-state index in [0.717, 1.165) is 10.6 Å². The molecule has 0 saturated carbocycles. The van der Waals surface area contributed by atoms with Crippen LogP contribution in [0.15, 0.2) is 88.9 Å². The molecule has 1 heterocycles. The first-order chi connectivity index (χ1) is 16.1. The Morgan fingerprint density at radius 3 is 2.36 bits per heavy atom. The zero-order valence-corrected chi connectivity index (χ0v) is 20.6. The third kappa shape index (κ3) is 6.54. The Kier molecular flexibility index (Phi) is 8.34. The molecule has 0 fully saturated rings. The first-order valence-corrected chi connectivity index (χ1v) is 12.8. The predicted octanol–water partition coefficient (Wildman–Crippen LogP) is 6.27. The highest BCUT2D eigenvalue weighted by molar-refractivity contribution is 8.00. The van der Waals surface area contributed by atoms with Crippen molar-refractivity contribution in [2.75, 3.05) is 5.75 Å². The van der Waals surface area contributed by atoms with Crippen molar-refractivity contribution >= 4 is 52.6 Å². The van der Waals surface area contributed by atoms with E-state index >= 15 is 0 Å². The van der Waals surface area contributed by atoms with Gasteiger partial charge in [0.1, 0.15) is 0 Å². The van der Waals surface area contributed by atoms with Crippen LogP contribution in [0.3, 0.4) is 0 Å². The number of amides is 1. The molecule has 5 nitrogen and oxygen atoms in total. The SMILES string of the molecule is O=C(CSc1ccccc1)NCc1nnc(SCc2ccccc2)n1-c1ccc(Cl)cc1Cl. The van der Waals surface area contributed by atoms with Crippen molar-refractivity contribution in [3.8, 4) is 5.69 Å². The molecule has 0 aliphatic rings. The fourth-order valence-corrected chi connectivity index (χ4v) is 5.19. The van der Waals surface area contributed by atoms with Gasteiger partial charge in [-0.15, -0.1) is 22.0 Å². The van der Waals surface area contributed by atoms with Crippen LogP contribution in [0.4, 0.5) is 0 Å². The van der Waals surface area contributed by atoms with Crippen LogP contribution in [0.1, 0.15) is 11.4 Å². The van der Waals surface area contributed by atoms with E-state index in [1.807, 2.05) is 59.2 Å². The number of hydrogen-bond donors (Lipinski definition) is 1. The summed E-state index contributed by atoms with van der Waals surface area (Å²) in [5, 5.41) is 13.4. The Balaban J connectivity index is 1.50. The maximum absolute atomic E-state index is 12.4. The van der Waals surface area contributed by atoms with E-state index in [0.29, 0.717) is 32.5 Å². The normalized spacial score (nSPS) is 10.8. The van der Waals surface area contributed by atoms with Crippen molar-refractivity contribution in [2.45, 2.75) is 22.3 Å². The van der Waals surface area contributed by atoms with Gasteiger partial charge in [0, 0.05) is 15.7 Å². The van der Waals surface area contributed by atoms with Crippen LogP contribution in [0, 0.1) is 0 Å². The van der Waals surface area contributed by atoms with Gasteiger partial charge in [-0.1, -0.05) is 83.5 Å². The van der Waals surface area contributed by atoms with Gasteiger partial charge >= 0.3 is 0 Å². The summed E-state index contributed by atoms with van der Waals surface area (Å²) in [5.74, 6) is 1.55. The molecule has 1 amide bonds. The lowest BCUT2D eigenvalue weighted by atomic mass is 10.2. The molecular formula is C24H20Cl2N4OS2. The molecule has 0 bridgehead atoms. The van der Waals surface area contributed by atoms with Crippen LogP contribution >= 0.6 is 46.7 Å².